The molecule has 3 aromatic rings. The molecule has 0 radical (unpaired) electrons. The molecular formula is C16H19N5OS2. The summed E-state index contributed by atoms with van der Waals surface area (Å²) in [7, 11) is 0. The molecule has 8 heteroatoms. The summed E-state index contributed by atoms with van der Waals surface area (Å²) >= 11 is 2.69. The van der Waals surface area contributed by atoms with Crippen molar-refractivity contribution < 1.29 is 4.79 Å². The Bertz CT molecular complexity index is 871. The number of rotatable bonds is 6. The second kappa shape index (κ2) is 7.23. The number of amides is 1. The van der Waals surface area contributed by atoms with E-state index in [2.05, 4.69) is 27.4 Å². The fraction of sp³-hybridized carbons (Fsp3) is 0.375. The molecule has 0 unspecified atom stereocenters. The summed E-state index contributed by atoms with van der Waals surface area (Å²) in [6, 6.07) is 3.94. The number of thiophene rings is 1. The quantitative estimate of drug-likeness (QED) is 0.695. The second-order valence-corrected chi connectivity index (χ2v) is 7.47. The monoisotopic (exact) mass is 361 g/mol. The van der Waals surface area contributed by atoms with E-state index in [1.54, 1.807) is 0 Å². The number of nitrogen functional groups attached to an aromatic ring is 1. The van der Waals surface area contributed by atoms with E-state index in [1.807, 2.05) is 19.1 Å². The maximum atomic E-state index is 12.5. The standard InChI is InChI=1S/C16H19N5OS2/c1-3-5-6-9-7-8-10-12(17)13(24-15(10)18-9)14(22)19-16-21-20-11(4-2)23-16/h7-8H,3-6,17H2,1-2H3,(H,19,21,22). The zero-order valence-electron chi connectivity index (χ0n) is 13.6. The highest BCUT2D eigenvalue weighted by atomic mass is 32.1. The number of nitrogens with zero attached hydrogens (tertiary/aromatic N) is 3. The van der Waals surface area contributed by atoms with Crippen LogP contribution in [0.1, 0.15) is 47.1 Å². The Hall–Kier alpha value is -2.06. The van der Waals surface area contributed by atoms with E-state index in [9.17, 15) is 4.79 Å². The molecular weight excluding hydrogens is 342 g/mol. The van der Waals surface area contributed by atoms with Crippen LogP contribution in [0.5, 0.6) is 0 Å². The zero-order valence-corrected chi connectivity index (χ0v) is 15.3. The third-order valence-corrected chi connectivity index (χ3v) is 5.73. The van der Waals surface area contributed by atoms with Gasteiger partial charge in [0.2, 0.25) is 5.13 Å². The van der Waals surface area contributed by atoms with Crippen LogP contribution in [0.15, 0.2) is 12.1 Å². The first-order chi connectivity index (χ1) is 11.6. The van der Waals surface area contributed by atoms with E-state index in [0.29, 0.717) is 15.7 Å². The molecule has 126 valence electrons. The number of carbonyl (C=O) groups is 1. The average Bonchev–Trinajstić information content (AvgIpc) is 3.17. The third kappa shape index (κ3) is 3.39. The summed E-state index contributed by atoms with van der Waals surface area (Å²) < 4.78 is 0. The number of fused-ring (bicyclic) bond motifs is 1. The fourth-order valence-electron chi connectivity index (χ4n) is 2.30. The zero-order chi connectivity index (χ0) is 17.1. The van der Waals surface area contributed by atoms with Gasteiger partial charge in [-0.3, -0.25) is 10.1 Å². The molecule has 0 aliphatic heterocycles. The normalized spacial score (nSPS) is 11.1. The molecule has 0 fully saturated rings. The minimum Gasteiger partial charge on any atom is -0.397 e. The van der Waals surface area contributed by atoms with Crippen molar-refractivity contribution in [2.75, 3.05) is 11.1 Å². The van der Waals surface area contributed by atoms with Gasteiger partial charge in [-0.25, -0.2) is 4.98 Å². The van der Waals surface area contributed by atoms with Crippen LogP contribution < -0.4 is 11.1 Å². The molecule has 0 aliphatic rings. The van der Waals surface area contributed by atoms with Crippen molar-refractivity contribution in [1.29, 1.82) is 0 Å². The van der Waals surface area contributed by atoms with Crippen molar-refractivity contribution in [2.45, 2.75) is 39.5 Å². The summed E-state index contributed by atoms with van der Waals surface area (Å²) in [6.07, 6.45) is 3.96. The molecule has 3 rings (SSSR count). The Kier molecular flexibility index (Phi) is 5.06. The number of anilines is 2. The Morgan fingerprint density at radius 2 is 2.08 bits per heavy atom. The summed E-state index contributed by atoms with van der Waals surface area (Å²) in [6.45, 7) is 4.15. The molecule has 3 aromatic heterocycles. The first kappa shape index (κ1) is 16.8. The molecule has 0 aliphatic carbocycles. The van der Waals surface area contributed by atoms with Gasteiger partial charge in [0, 0.05) is 11.1 Å². The molecule has 6 nitrogen and oxygen atoms in total. The van der Waals surface area contributed by atoms with Gasteiger partial charge in [0.05, 0.1) is 5.69 Å². The Balaban J connectivity index is 1.85. The minimum absolute atomic E-state index is 0.260. The van der Waals surface area contributed by atoms with E-state index in [0.717, 1.165) is 46.6 Å². The van der Waals surface area contributed by atoms with Crippen molar-refractivity contribution in [3.63, 3.8) is 0 Å². The third-order valence-electron chi connectivity index (χ3n) is 3.63. The lowest BCUT2D eigenvalue weighted by atomic mass is 10.1. The molecule has 0 aromatic carbocycles. The lowest BCUT2D eigenvalue weighted by Gasteiger charge is -1.99. The number of hydrogen-bond donors (Lipinski definition) is 2. The lowest BCUT2D eigenvalue weighted by Crippen LogP contribution is -2.11. The molecule has 3 N–H and O–H groups in total. The van der Waals surface area contributed by atoms with Gasteiger partial charge < -0.3 is 5.73 Å². The number of unbranched alkanes of at least 4 members (excludes halogenated alkanes) is 1. The van der Waals surface area contributed by atoms with Gasteiger partial charge in [-0.15, -0.1) is 21.5 Å². The van der Waals surface area contributed by atoms with Gasteiger partial charge in [-0.05, 0) is 31.4 Å². The van der Waals surface area contributed by atoms with Crippen LogP contribution in [-0.2, 0) is 12.8 Å². The topological polar surface area (TPSA) is 93.8 Å². The number of aromatic nitrogens is 3. The summed E-state index contributed by atoms with van der Waals surface area (Å²) in [4.78, 5) is 18.4. The smallest absolute Gasteiger partial charge is 0.269 e. The van der Waals surface area contributed by atoms with Crippen LogP contribution >= 0.6 is 22.7 Å². The van der Waals surface area contributed by atoms with Crippen molar-refractivity contribution in [3.05, 3.63) is 27.7 Å². The first-order valence-electron chi connectivity index (χ1n) is 7.94. The van der Waals surface area contributed by atoms with Crippen molar-refractivity contribution >= 4 is 49.6 Å². The van der Waals surface area contributed by atoms with Gasteiger partial charge in [0.1, 0.15) is 14.7 Å². The van der Waals surface area contributed by atoms with Crippen molar-refractivity contribution in [1.82, 2.24) is 15.2 Å². The molecule has 0 spiro atoms. The molecule has 1 amide bonds. The molecule has 0 saturated carbocycles. The number of aryl methyl sites for hydroxylation is 2. The minimum atomic E-state index is -0.260. The van der Waals surface area contributed by atoms with Crippen LogP contribution in [0.4, 0.5) is 10.8 Å². The van der Waals surface area contributed by atoms with Gasteiger partial charge in [0.15, 0.2) is 0 Å². The Morgan fingerprint density at radius 3 is 2.79 bits per heavy atom. The SMILES string of the molecule is CCCCc1ccc2c(N)c(C(=O)Nc3nnc(CC)s3)sc2n1. The Labute approximate surface area is 148 Å². The summed E-state index contributed by atoms with van der Waals surface area (Å²) in [5, 5.41) is 12.9. The first-order valence-corrected chi connectivity index (χ1v) is 9.57. The summed E-state index contributed by atoms with van der Waals surface area (Å²) in [5.74, 6) is -0.260. The van der Waals surface area contributed by atoms with Gasteiger partial charge in [-0.1, -0.05) is 31.6 Å². The number of hydrogen-bond acceptors (Lipinski definition) is 7. The van der Waals surface area contributed by atoms with Crippen molar-refractivity contribution in [2.24, 2.45) is 0 Å². The molecule has 0 atom stereocenters. The second-order valence-electron chi connectivity index (χ2n) is 5.41. The van der Waals surface area contributed by atoms with Crippen LogP contribution in [-0.4, -0.2) is 21.1 Å². The van der Waals surface area contributed by atoms with E-state index in [-0.39, 0.29) is 5.91 Å². The van der Waals surface area contributed by atoms with E-state index < -0.39 is 0 Å². The molecule has 24 heavy (non-hydrogen) atoms. The fourth-order valence-corrected chi connectivity index (χ4v) is 3.98. The highest BCUT2D eigenvalue weighted by Gasteiger charge is 2.19. The molecule has 0 saturated heterocycles. The number of nitrogens with one attached hydrogen (secondary N) is 1. The summed E-state index contributed by atoms with van der Waals surface area (Å²) in [5.41, 5.74) is 7.66. The lowest BCUT2D eigenvalue weighted by molar-refractivity contribution is 0.103. The van der Waals surface area contributed by atoms with Gasteiger partial charge in [-0.2, -0.15) is 0 Å². The largest absolute Gasteiger partial charge is 0.397 e. The molecule has 0 bridgehead atoms. The van der Waals surface area contributed by atoms with E-state index >= 15 is 0 Å². The Morgan fingerprint density at radius 1 is 1.25 bits per heavy atom. The highest BCUT2D eigenvalue weighted by Crippen LogP contribution is 2.33. The van der Waals surface area contributed by atoms with Crippen molar-refractivity contribution in [3.8, 4) is 0 Å². The number of pyridine rings is 1. The number of nitrogens with two attached hydrogens (primary N) is 1. The van der Waals surface area contributed by atoms with Crippen LogP contribution in [0.2, 0.25) is 0 Å². The average molecular weight is 361 g/mol. The van der Waals surface area contributed by atoms with Gasteiger partial charge >= 0.3 is 0 Å². The number of carbonyl (C=O) groups excluding carboxylic acids is 1. The maximum Gasteiger partial charge on any atom is 0.269 e. The van der Waals surface area contributed by atoms with Crippen LogP contribution in [0, 0.1) is 0 Å². The van der Waals surface area contributed by atoms with Gasteiger partial charge in [0.25, 0.3) is 5.91 Å². The highest BCUT2D eigenvalue weighted by molar-refractivity contribution is 7.21. The maximum absolute atomic E-state index is 12.5. The predicted molar refractivity (Wildman–Crippen MR) is 99.9 cm³/mol. The predicted octanol–water partition coefficient (Wildman–Crippen LogP) is 3.89. The van der Waals surface area contributed by atoms with E-state index in [4.69, 9.17) is 5.73 Å². The van der Waals surface area contributed by atoms with E-state index in [1.165, 1.54) is 22.7 Å². The van der Waals surface area contributed by atoms with Crippen LogP contribution in [0.3, 0.4) is 0 Å². The van der Waals surface area contributed by atoms with Crippen LogP contribution in [0.25, 0.3) is 10.2 Å². The molecule has 3 heterocycles.